The van der Waals surface area contributed by atoms with Crippen LogP contribution in [0.15, 0.2) is 0 Å². The van der Waals surface area contributed by atoms with E-state index >= 15 is 0 Å². The molecule has 0 saturated heterocycles. The summed E-state index contributed by atoms with van der Waals surface area (Å²) in [4.78, 5) is 35.2. The van der Waals surface area contributed by atoms with Crippen LogP contribution in [0.2, 0.25) is 0 Å². The maximum atomic E-state index is 12.6. The molecule has 10 heteroatoms. The second-order valence-corrected chi connectivity index (χ2v) is 17.2. The molecule has 0 aromatic carbocycles. The third-order valence-corrected chi connectivity index (χ3v) is 10.4. The lowest BCUT2D eigenvalue weighted by atomic mass is 10.0. The van der Waals surface area contributed by atoms with E-state index < -0.39 is 26.5 Å². The molecule has 304 valence electrons. The fourth-order valence-electron chi connectivity index (χ4n) is 6.01. The highest BCUT2D eigenvalue weighted by Gasteiger charge is 2.27. The van der Waals surface area contributed by atoms with Crippen molar-refractivity contribution in [2.45, 2.75) is 206 Å². The van der Waals surface area contributed by atoms with Crippen molar-refractivity contribution in [2.24, 2.45) is 0 Å². The van der Waals surface area contributed by atoms with Crippen LogP contribution in [0.5, 0.6) is 0 Å². The molecule has 0 radical (unpaired) electrons. The molecule has 9 nitrogen and oxygen atoms in total. The van der Waals surface area contributed by atoms with E-state index in [4.69, 9.17) is 18.5 Å². The van der Waals surface area contributed by atoms with Crippen molar-refractivity contribution < 1.29 is 42.1 Å². The molecule has 0 saturated carbocycles. The van der Waals surface area contributed by atoms with Crippen LogP contribution >= 0.6 is 7.82 Å². The van der Waals surface area contributed by atoms with Gasteiger partial charge < -0.3 is 18.9 Å². The first-order valence-electron chi connectivity index (χ1n) is 21.3. The van der Waals surface area contributed by atoms with Crippen LogP contribution in [0.25, 0.3) is 0 Å². The summed E-state index contributed by atoms with van der Waals surface area (Å²) in [7, 11) is 1.49. The quantitative estimate of drug-likeness (QED) is 0.0286. The van der Waals surface area contributed by atoms with Gasteiger partial charge in [0.15, 0.2) is 6.10 Å². The minimum Gasteiger partial charge on any atom is -0.462 e. The summed E-state index contributed by atoms with van der Waals surface area (Å²) in [5.74, 6) is -0.791. The van der Waals surface area contributed by atoms with Crippen molar-refractivity contribution in [1.29, 1.82) is 0 Å². The van der Waals surface area contributed by atoms with Crippen molar-refractivity contribution in [3.63, 3.8) is 0 Å². The molecule has 2 unspecified atom stereocenters. The molecule has 0 bridgehead atoms. The number of hydrogen-bond acceptors (Lipinski definition) is 7. The number of phosphoric ester groups is 1. The van der Waals surface area contributed by atoms with Crippen LogP contribution in [0, 0.1) is 0 Å². The topological polar surface area (TPSA) is 108 Å². The van der Waals surface area contributed by atoms with Crippen molar-refractivity contribution in [3.05, 3.63) is 0 Å². The fourth-order valence-corrected chi connectivity index (χ4v) is 6.76. The Morgan fingerprint density at radius 2 is 0.882 bits per heavy atom. The summed E-state index contributed by atoms with van der Waals surface area (Å²) in [6.45, 7) is 4.41. The van der Waals surface area contributed by atoms with E-state index in [1.54, 1.807) is 0 Å². The first-order valence-corrected chi connectivity index (χ1v) is 22.8. The Balaban J connectivity index is 4.23. The highest BCUT2D eigenvalue weighted by molar-refractivity contribution is 7.47. The van der Waals surface area contributed by atoms with E-state index in [9.17, 15) is 19.0 Å². The molecule has 0 aliphatic rings. The van der Waals surface area contributed by atoms with E-state index in [1.165, 1.54) is 135 Å². The number of rotatable bonds is 39. The summed E-state index contributed by atoms with van der Waals surface area (Å²) < 4.78 is 34.2. The molecule has 1 N–H and O–H groups in total. The number of likely N-dealkylation sites (N-methyl/N-ethyl adjacent to an activating group) is 1. The van der Waals surface area contributed by atoms with Crippen LogP contribution in [-0.4, -0.2) is 74.9 Å². The number of ether oxygens (including phenoxy) is 2. The van der Waals surface area contributed by atoms with Gasteiger partial charge in [-0.1, -0.05) is 174 Å². The Kier molecular flexibility index (Phi) is 34.1. The first kappa shape index (κ1) is 50.0. The Morgan fingerprint density at radius 3 is 1.25 bits per heavy atom. The number of carbonyl (C=O) groups excluding carboxylic acids is 2. The van der Waals surface area contributed by atoms with E-state index in [1.807, 2.05) is 21.1 Å². The smallest absolute Gasteiger partial charge is 0.462 e. The van der Waals surface area contributed by atoms with Crippen molar-refractivity contribution in [3.8, 4) is 0 Å². The number of phosphoric acid groups is 1. The monoisotopic (exact) mass is 749 g/mol. The predicted molar refractivity (Wildman–Crippen MR) is 211 cm³/mol. The lowest BCUT2D eigenvalue weighted by molar-refractivity contribution is -0.870. The third kappa shape index (κ3) is 38.5. The standard InChI is InChI=1S/C41H82NO8P/c1-6-8-10-12-14-16-17-18-19-20-21-22-23-24-25-26-28-30-32-34-41(44)50-39(38-49-51(45,46)48-36-35-42(3,4)5)37-47-40(43)33-31-29-27-15-13-11-9-7-2/h39H,6-38H2,1-5H3/p+1. The lowest BCUT2D eigenvalue weighted by Crippen LogP contribution is -2.37. The molecule has 0 aromatic heterocycles. The average molecular weight is 749 g/mol. The van der Waals surface area contributed by atoms with Gasteiger partial charge in [0, 0.05) is 12.8 Å². The molecule has 0 aromatic rings. The Hall–Kier alpha value is -0.990. The summed E-state index contributed by atoms with van der Waals surface area (Å²) in [5, 5.41) is 0. The highest BCUT2D eigenvalue weighted by atomic mass is 31.2. The van der Waals surface area contributed by atoms with Crippen LogP contribution in [-0.2, 0) is 32.7 Å². The maximum absolute atomic E-state index is 12.6. The van der Waals surface area contributed by atoms with Gasteiger partial charge in [0.05, 0.1) is 27.7 Å². The second-order valence-electron chi connectivity index (χ2n) is 15.7. The zero-order valence-electron chi connectivity index (χ0n) is 34.1. The molecule has 0 heterocycles. The van der Waals surface area contributed by atoms with Gasteiger partial charge in [0.1, 0.15) is 19.8 Å². The number of nitrogens with zero attached hydrogens (tertiary/aromatic N) is 1. The van der Waals surface area contributed by atoms with Gasteiger partial charge in [0.2, 0.25) is 0 Å². The number of hydrogen-bond donors (Lipinski definition) is 1. The van der Waals surface area contributed by atoms with Crippen LogP contribution in [0.3, 0.4) is 0 Å². The van der Waals surface area contributed by atoms with Gasteiger partial charge in [-0.2, -0.15) is 0 Å². The molecule has 2 atom stereocenters. The molecule has 0 spiro atoms. The number of esters is 2. The molecular formula is C41H83NO8P+. The molecule has 51 heavy (non-hydrogen) atoms. The number of unbranched alkanes of at least 4 members (excludes halogenated alkanes) is 25. The summed E-state index contributed by atoms with van der Waals surface area (Å²) in [6.07, 6.45) is 33.0. The second kappa shape index (κ2) is 34.8. The van der Waals surface area contributed by atoms with Gasteiger partial charge >= 0.3 is 19.8 Å². The molecule has 0 fully saturated rings. The fraction of sp³-hybridized carbons (Fsp3) is 0.951. The maximum Gasteiger partial charge on any atom is 0.472 e. The molecule has 0 aliphatic heterocycles. The minimum absolute atomic E-state index is 0.0364. The van der Waals surface area contributed by atoms with E-state index in [-0.39, 0.29) is 25.6 Å². The first-order chi connectivity index (χ1) is 24.5. The van der Waals surface area contributed by atoms with Crippen molar-refractivity contribution in [2.75, 3.05) is 47.5 Å². The van der Waals surface area contributed by atoms with Gasteiger partial charge in [-0.3, -0.25) is 18.6 Å². The van der Waals surface area contributed by atoms with Crippen LogP contribution in [0.4, 0.5) is 0 Å². The predicted octanol–water partition coefficient (Wildman–Crippen LogP) is 11.6. The van der Waals surface area contributed by atoms with E-state index in [2.05, 4.69) is 13.8 Å². The number of quaternary nitrogens is 1. The summed E-state index contributed by atoms with van der Waals surface area (Å²) >= 11 is 0. The Labute approximate surface area is 314 Å². The molecule has 0 amide bonds. The average Bonchev–Trinajstić information content (AvgIpc) is 3.07. The van der Waals surface area contributed by atoms with Crippen molar-refractivity contribution >= 4 is 19.8 Å². The van der Waals surface area contributed by atoms with Crippen molar-refractivity contribution in [1.82, 2.24) is 0 Å². The molecular weight excluding hydrogens is 665 g/mol. The van der Waals surface area contributed by atoms with Crippen LogP contribution in [0.1, 0.15) is 200 Å². The summed E-state index contributed by atoms with van der Waals surface area (Å²) in [6, 6.07) is 0. The lowest BCUT2D eigenvalue weighted by Gasteiger charge is -2.24. The zero-order chi connectivity index (χ0) is 37.9. The van der Waals surface area contributed by atoms with Gasteiger partial charge in [-0.05, 0) is 12.8 Å². The zero-order valence-corrected chi connectivity index (χ0v) is 35.0. The van der Waals surface area contributed by atoms with Crippen LogP contribution < -0.4 is 0 Å². The molecule has 0 aliphatic carbocycles. The molecule has 0 rings (SSSR count). The van der Waals surface area contributed by atoms with E-state index in [0.717, 1.165) is 38.5 Å². The normalized spacial score (nSPS) is 13.6. The Bertz CT molecular complexity index is 850. The largest absolute Gasteiger partial charge is 0.472 e. The van der Waals surface area contributed by atoms with E-state index in [0.29, 0.717) is 17.4 Å². The highest BCUT2D eigenvalue weighted by Crippen LogP contribution is 2.43. The SMILES string of the molecule is CCCCCCCCCCCCCCCCCCCCCC(=O)OC(COC(=O)CCCCCCCCCC)COP(=O)(O)OCC[N+](C)(C)C. The Morgan fingerprint density at radius 1 is 0.529 bits per heavy atom. The van der Waals surface area contributed by atoms with Gasteiger partial charge in [-0.25, -0.2) is 4.57 Å². The minimum atomic E-state index is -4.36. The van der Waals surface area contributed by atoms with Gasteiger partial charge in [0.25, 0.3) is 0 Å². The summed E-state index contributed by atoms with van der Waals surface area (Å²) in [5.41, 5.74) is 0. The van der Waals surface area contributed by atoms with Gasteiger partial charge in [-0.15, -0.1) is 0 Å². The number of carbonyl (C=O) groups is 2. The third-order valence-electron chi connectivity index (χ3n) is 9.39.